The van der Waals surface area contributed by atoms with Gasteiger partial charge in [0.1, 0.15) is 18.0 Å². The molecule has 0 radical (unpaired) electrons. The highest BCUT2D eigenvalue weighted by Crippen LogP contribution is 2.28. The predicted molar refractivity (Wildman–Crippen MR) is 148 cm³/mol. The number of benzene rings is 3. The third-order valence-corrected chi connectivity index (χ3v) is 7.21. The lowest BCUT2D eigenvalue weighted by Crippen LogP contribution is -2.43. The van der Waals surface area contributed by atoms with Crippen molar-refractivity contribution in [3.05, 3.63) is 101 Å². The molecule has 2 amide bonds. The van der Waals surface area contributed by atoms with Gasteiger partial charge in [0.2, 0.25) is 5.91 Å². The zero-order valence-corrected chi connectivity index (χ0v) is 22.0. The monoisotopic (exact) mass is 549 g/mol. The summed E-state index contributed by atoms with van der Waals surface area (Å²) in [7, 11) is 0. The van der Waals surface area contributed by atoms with Gasteiger partial charge in [0.25, 0.3) is 0 Å². The molecule has 2 N–H and O–H groups in total. The number of carbonyl (C=O) groups is 2. The van der Waals surface area contributed by atoms with Crippen LogP contribution in [0.25, 0.3) is 11.0 Å². The first kappa shape index (κ1) is 26.7. The number of ether oxygens (including phenoxy) is 1. The molecular weight excluding hydrogens is 521 g/mol. The number of carbonyl (C=O) groups excluding carboxylic acids is 2. The van der Waals surface area contributed by atoms with Crippen LogP contribution in [0.4, 0.5) is 14.9 Å². The molecule has 4 aromatic rings. The molecule has 1 aromatic heterocycles. The van der Waals surface area contributed by atoms with Crippen LogP contribution in [0, 0.1) is 5.82 Å². The van der Waals surface area contributed by atoms with Crippen molar-refractivity contribution >= 4 is 40.3 Å². The average Bonchev–Trinajstić information content (AvgIpc) is 3.62. The highest BCUT2D eigenvalue weighted by Gasteiger charge is 2.30. The van der Waals surface area contributed by atoms with Crippen molar-refractivity contribution in [1.82, 2.24) is 10.2 Å². The maximum Gasteiger partial charge on any atom is 0.411 e. The Balaban J connectivity index is 1.19. The molecule has 9 heteroatoms. The van der Waals surface area contributed by atoms with Gasteiger partial charge in [0, 0.05) is 24.0 Å². The van der Waals surface area contributed by atoms with Gasteiger partial charge in [-0.15, -0.1) is 0 Å². The fourth-order valence-corrected chi connectivity index (χ4v) is 5.09. The quantitative estimate of drug-likeness (QED) is 0.256. The Bertz CT molecular complexity index is 1460. The molecule has 1 aliphatic heterocycles. The van der Waals surface area contributed by atoms with E-state index in [1.807, 2.05) is 42.5 Å². The molecule has 7 nitrogen and oxygen atoms in total. The SMILES string of the molecule is O=C(Nc1cc(CCN2CCC[C@H]2C(=O)NCc2cccc(Cl)c2F)cc2occc12)OCc1ccccc1. The van der Waals surface area contributed by atoms with Gasteiger partial charge in [-0.2, -0.15) is 0 Å². The number of nitrogens with one attached hydrogen (secondary N) is 2. The zero-order valence-electron chi connectivity index (χ0n) is 21.3. The van der Waals surface area contributed by atoms with E-state index < -0.39 is 11.9 Å². The van der Waals surface area contributed by atoms with Crippen LogP contribution in [-0.2, 0) is 29.1 Å². The topological polar surface area (TPSA) is 83.8 Å². The average molecular weight is 550 g/mol. The van der Waals surface area contributed by atoms with Gasteiger partial charge >= 0.3 is 6.09 Å². The van der Waals surface area contributed by atoms with Crippen LogP contribution >= 0.6 is 11.6 Å². The molecular formula is C30H29ClFN3O4. The highest BCUT2D eigenvalue weighted by atomic mass is 35.5. The summed E-state index contributed by atoms with van der Waals surface area (Å²) in [6, 6.07) is 19.6. The van der Waals surface area contributed by atoms with E-state index in [4.69, 9.17) is 20.8 Å². The van der Waals surface area contributed by atoms with Gasteiger partial charge in [0.05, 0.1) is 23.0 Å². The van der Waals surface area contributed by atoms with Crippen molar-refractivity contribution in [2.24, 2.45) is 0 Å². The van der Waals surface area contributed by atoms with Gasteiger partial charge in [-0.1, -0.05) is 54.1 Å². The number of halogens is 2. The van der Waals surface area contributed by atoms with Crippen LogP contribution in [-0.4, -0.2) is 36.0 Å². The van der Waals surface area contributed by atoms with E-state index in [-0.39, 0.29) is 30.1 Å². The minimum atomic E-state index is -0.550. The van der Waals surface area contributed by atoms with Crippen molar-refractivity contribution in [1.29, 1.82) is 0 Å². The van der Waals surface area contributed by atoms with E-state index in [1.54, 1.807) is 24.5 Å². The molecule has 1 atom stereocenters. The number of hydrogen-bond donors (Lipinski definition) is 2. The number of furan rings is 1. The number of rotatable bonds is 9. The summed E-state index contributed by atoms with van der Waals surface area (Å²) < 4.78 is 25.2. The number of fused-ring (bicyclic) bond motifs is 1. The van der Waals surface area contributed by atoms with E-state index in [1.165, 1.54) is 6.07 Å². The molecule has 1 fully saturated rings. The normalized spacial score (nSPS) is 15.4. The first-order valence-electron chi connectivity index (χ1n) is 12.9. The van der Waals surface area contributed by atoms with E-state index in [2.05, 4.69) is 15.5 Å². The first-order valence-corrected chi connectivity index (χ1v) is 13.3. The lowest BCUT2D eigenvalue weighted by Gasteiger charge is -2.24. The smallest absolute Gasteiger partial charge is 0.411 e. The number of anilines is 1. The van der Waals surface area contributed by atoms with E-state index in [0.29, 0.717) is 29.8 Å². The Labute approximate surface area is 230 Å². The second-order valence-corrected chi connectivity index (χ2v) is 9.94. The number of hydrogen-bond acceptors (Lipinski definition) is 5. The molecule has 1 saturated heterocycles. The molecule has 0 saturated carbocycles. The summed E-state index contributed by atoms with van der Waals surface area (Å²) in [4.78, 5) is 27.6. The number of nitrogens with zero attached hydrogens (tertiary/aromatic N) is 1. The molecule has 5 rings (SSSR count). The van der Waals surface area contributed by atoms with E-state index >= 15 is 0 Å². The standard InChI is InChI=1S/C30H29ClFN3O4/c31-24-9-4-8-22(28(24)32)18-33-29(36)26-10-5-13-35(26)14-11-21-16-25(23-12-15-38-27(23)17-21)34-30(37)39-19-20-6-2-1-3-7-20/h1-4,6-9,12,15-17,26H,5,10-11,13-14,18-19H2,(H,33,36)(H,34,37)/t26-/m0/s1. The maximum absolute atomic E-state index is 14.2. The summed E-state index contributed by atoms with van der Waals surface area (Å²) in [6.45, 7) is 1.70. The Morgan fingerprint density at radius 2 is 1.92 bits per heavy atom. The van der Waals surface area contributed by atoms with E-state index in [0.717, 1.165) is 35.9 Å². The first-order chi connectivity index (χ1) is 19.0. The van der Waals surface area contributed by atoms with Crippen LogP contribution in [0.3, 0.4) is 0 Å². The molecule has 1 aliphatic rings. The van der Waals surface area contributed by atoms with Gasteiger partial charge in [-0.25, -0.2) is 9.18 Å². The van der Waals surface area contributed by atoms with Crippen LogP contribution in [0.2, 0.25) is 5.02 Å². The van der Waals surface area contributed by atoms with Crippen LogP contribution in [0.1, 0.15) is 29.5 Å². The fraction of sp³-hybridized carbons (Fsp3) is 0.267. The molecule has 0 spiro atoms. The lowest BCUT2D eigenvalue weighted by molar-refractivity contribution is -0.125. The van der Waals surface area contributed by atoms with Crippen molar-refractivity contribution in [3.8, 4) is 0 Å². The minimum Gasteiger partial charge on any atom is -0.464 e. The van der Waals surface area contributed by atoms with Gasteiger partial charge < -0.3 is 14.5 Å². The number of likely N-dealkylation sites (tertiary alicyclic amines) is 1. The third kappa shape index (κ3) is 6.58. The lowest BCUT2D eigenvalue weighted by atomic mass is 10.1. The molecule has 39 heavy (non-hydrogen) atoms. The molecule has 0 unspecified atom stereocenters. The van der Waals surface area contributed by atoms with Gasteiger partial charge in [-0.3, -0.25) is 15.0 Å². The molecule has 3 aromatic carbocycles. The second kappa shape index (κ2) is 12.3. The Morgan fingerprint density at radius 3 is 2.77 bits per heavy atom. The van der Waals surface area contributed by atoms with Gasteiger partial charge in [0.15, 0.2) is 0 Å². The predicted octanol–water partition coefficient (Wildman–Crippen LogP) is 6.30. The highest BCUT2D eigenvalue weighted by molar-refractivity contribution is 6.30. The maximum atomic E-state index is 14.2. The minimum absolute atomic E-state index is 0.0380. The van der Waals surface area contributed by atoms with Gasteiger partial charge in [-0.05, 0) is 61.2 Å². The summed E-state index contributed by atoms with van der Waals surface area (Å²) in [5.41, 5.74) is 3.48. The fourth-order valence-electron chi connectivity index (χ4n) is 4.89. The number of amides is 2. The van der Waals surface area contributed by atoms with Crippen LogP contribution in [0.5, 0.6) is 0 Å². The summed E-state index contributed by atoms with van der Waals surface area (Å²) in [5.74, 6) is -0.638. The molecule has 2 heterocycles. The Kier molecular flexibility index (Phi) is 8.44. The Hall–Kier alpha value is -3.88. The van der Waals surface area contributed by atoms with E-state index in [9.17, 15) is 14.0 Å². The van der Waals surface area contributed by atoms with Crippen molar-refractivity contribution in [3.63, 3.8) is 0 Å². The van der Waals surface area contributed by atoms with Crippen LogP contribution < -0.4 is 10.6 Å². The summed E-state index contributed by atoms with van der Waals surface area (Å²) >= 11 is 5.86. The molecule has 0 bridgehead atoms. The Morgan fingerprint density at radius 1 is 1.08 bits per heavy atom. The van der Waals surface area contributed by atoms with Crippen LogP contribution in [0.15, 0.2) is 77.4 Å². The largest absolute Gasteiger partial charge is 0.464 e. The molecule has 202 valence electrons. The second-order valence-electron chi connectivity index (χ2n) is 9.54. The van der Waals surface area contributed by atoms with Crippen molar-refractivity contribution in [2.45, 2.75) is 38.5 Å². The van der Waals surface area contributed by atoms with Crippen molar-refractivity contribution < 1.29 is 23.1 Å². The van der Waals surface area contributed by atoms with Crippen molar-refractivity contribution in [2.75, 3.05) is 18.4 Å². The molecule has 0 aliphatic carbocycles. The summed E-state index contributed by atoms with van der Waals surface area (Å²) in [5, 5.41) is 6.51. The summed E-state index contributed by atoms with van der Waals surface area (Å²) in [6.07, 6.45) is 3.32. The zero-order chi connectivity index (χ0) is 27.2. The third-order valence-electron chi connectivity index (χ3n) is 6.92.